The van der Waals surface area contributed by atoms with Crippen molar-refractivity contribution in [3.8, 4) is 0 Å². The van der Waals surface area contributed by atoms with Crippen molar-refractivity contribution in [3.05, 3.63) is 23.6 Å². The Morgan fingerprint density at radius 2 is 2.13 bits per heavy atom. The fourth-order valence-corrected chi connectivity index (χ4v) is 5.13. The van der Waals surface area contributed by atoms with E-state index in [1.165, 1.54) is 4.31 Å². The second-order valence-corrected chi connectivity index (χ2v) is 7.58. The highest BCUT2D eigenvalue weighted by Gasteiger charge is 2.39. The quantitative estimate of drug-likeness (QED) is 0.843. The Balaban J connectivity index is 2.05. The number of sulfonamides is 1. The summed E-state index contributed by atoms with van der Waals surface area (Å²) in [7, 11) is -3.68. The van der Waals surface area contributed by atoms with Crippen molar-refractivity contribution < 1.29 is 12.9 Å². The zero-order valence-electron chi connectivity index (χ0n) is 13.6. The number of hydrogen-bond acceptors (Lipinski definition) is 6. The van der Waals surface area contributed by atoms with Crippen molar-refractivity contribution >= 4 is 10.0 Å². The van der Waals surface area contributed by atoms with Gasteiger partial charge in [0, 0.05) is 13.1 Å². The van der Waals surface area contributed by atoms with Crippen LogP contribution in [-0.4, -0.2) is 39.2 Å². The molecule has 8 nitrogen and oxygen atoms in total. The van der Waals surface area contributed by atoms with Crippen LogP contribution in [0.3, 0.4) is 0 Å². The van der Waals surface area contributed by atoms with Crippen molar-refractivity contribution in [2.75, 3.05) is 6.54 Å². The lowest BCUT2D eigenvalue weighted by molar-refractivity contribution is 0.240. The van der Waals surface area contributed by atoms with Crippen LogP contribution in [0.2, 0.25) is 0 Å². The summed E-state index contributed by atoms with van der Waals surface area (Å²) in [5.41, 5.74) is 0.392. The Morgan fingerprint density at radius 1 is 1.35 bits per heavy atom. The lowest BCUT2D eigenvalue weighted by Gasteiger charge is -2.33. The Bertz CT molecular complexity index is 776. The maximum absolute atomic E-state index is 13.2. The highest BCUT2D eigenvalue weighted by atomic mass is 32.2. The van der Waals surface area contributed by atoms with Gasteiger partial charge in [0.1, 0.15) is 16.9 Å². The fourth-order valence-electron chi connectivity index (χ4n) is 3.18. The third-order valence-electron chi connectivity index (χ3n) is 4.27. The molecule has 1 fully saturated rings. The van der Waals surface area contributed by atoms with Crippen LogP contribution in [-0.2, 0) is 16.6 Å². The zero-order valence-corrected chi connectivity index (χ0v) is 14.4. The fraction of sp³-hybridized carbons (Fsp3) is 0.643. The predicted octanol–water partition coefficient (Wildman–Crippen LogP) is 1.82. The van der Waals surface area contributed by atoms with Crippen LogP contribution in [0.5, 0.6) is 0 Å². The summed E-state index contributed by atoms with van der Waals surface area (Å²) in [6.45, 7) is 6.44. The van der Waals surface area contributed by atoms with Gasteiger partial charge in [-0.05, 0) is 33.6 Å². The van der Waals surface area contributed by atoms with Gasteiger partial charge in [0.15, 0.2) is 11.6 Å². The molecule has 0 N–H and O–H groups in total. The largest absolute Gasteiger partial charge is 0.360 e. The molecule has 2 aromatic heterocycles. The molecule has 2 aromatic rings. The van der Waals surface area contributed by atoms with E-state index in [1.807, 2.05) is 11.5 Å². The maximum Gasteiger partial charge on any atom is 0.249 e. The minimum absolute atomic E-state index is 0.173. The Hall–Kier alpha value is -1.74. The van der Waals surface area contributed by atoms with Gasteiger partial charge in [-0.2, -0.15) is 4.31 Å². The number of nitrogens with zero attached hydrogens (tertiary/aromatic N) is 5. The lowest BCUT2D eigenvalue weighted by Crippen LogP contribution is -2.40. The molecule has 0 aromatic carbocycles. The van der Waals surface area contributed by atoms with Crippen LogP contribution < -0.4 is 0 Å². The van der Waals surface area contributed by atoms with E-state index in [4.69, 9.17) is 4.52 Å². The summed E-state index contributed by atoms with van der Waals surface area (Å²) < 4.78 is 34.8. The Morgan fingerprint density at radius 3 is 2.78 bits per heavy atom. The van der Waals surface area contributed by atoms with Gasteiger partial charge < -0.3 is 9.09 Å². The molecule has 23 heavy (non-hydrogen) atoms. The van der Waals surface area contributed by atoms with E-state index in [0.29, 0.717) is 30.4 Å². The monoisotopic (exact) mass is 339 g/mol. The van der Waals surface area contributed by atoms with Gasteiger partial charge in [0.05, 0.1) is 6.04 Å². The normalized spacial score (nSPS) is 20.0. The van der Waals surface area contributed by atoms with Gasteiger partial charge in [0.2, 0.25) is 10.0 Å². The number of aryl methyl sites for hydroxylation is 3. The summed E-state index contributed by atoms with van der Waals surface area (Å²) in [6.07, 6.45) is 4.18. The maximum atomic E-state index is 13.2. The Kier molecular flexibility index (Phi) is 4.24. The minimum atomic E-state index is -3.68. The second-order valence-electron chi connectivity index (χ2n) is 5.76. The van der Waals surface area contributed by atoms with Crippen molar-refractivity contribution in [1.29, 1.82) is 0 Å². The third-order valence-corrected chi connectivity index (χ3v) is 6.43. The van der Waals surface area contributed by atoms with E-state index in [1.54, 1.807) is 20.2 Å². The van der Waals surface area contributed by atoms with Crippen LogP contribution in [0.1, 0.15) is 49.5 Å². The molecule has 126 valence electrons. The molecule has 3 heterocycles. The second kappa shape index (κ2) is 6.04. The molecular weight excluding hydrogens is 318 g/mol. The topological polar surface area (TPSA) is 94.1 Å². The highest BCUT2D eigenvalue weighted by Crippen LogP contribution is 2.36. The van der Waals surface area contributed by atoms with Crippen LogP contribution in [0.25, 0.3) is 0 Å². The first-order valence-corrected chi connectivity index (χ1v) is 9.23. The first-order valence-electron chi connectivity index (χ1n) is 7.79. The molecule has 0 spiro atoms. The minimum Gasteiger partial charge on any atom is -0.360 e. The summed E-state index contributed by atoms with van der Waals surface area (Å²) in [5.74, 6) is 1.02. The Labute approximate surface area is 135 Å². The molecule has 3 rings (SSSR count). The van der Waals surface area contributed by atoms with Gasteiger partial charge in [-0.15, -0.1) is 10.2 Å². The predicted molar refractivity (Wildman–Crippen MR) is 82.2 cm³/mol. The molecule has 1 atom stereocenters. The van der Waals surface area contributed by atoms with E-state index >= 15 is 0 Å². The van der Waals surface area contributed by atoms with Crippen molar-refractivity contribution in [2.24, 2.45) is 0 Å². The molecule has 0 saturated carbocycles. The number of rotatable bonds is 4. The molecule has 1 aliphatic heterocycles. The summed E-state index contributed by atoms with van der Waals surface area (Å²) >= 11 is 0. The van der Waals surface area contributed by atoms with E-state index in [0.717, 1.165) is 19.3 Å². The van der Waals surface area contributed by atoms with Gasteiger partial charge >= 0.3 is 0 Å². The standard InChI is InChI=1S/C14H21N5O3S/c1-4-18-9-15-16-14(18)12-7-5-6-8-19(12)23(20,21)13-10(2)17-22-11(13)3/h9,12H,4-8H2,1-3H3. The molecule has 1 aliphatic rings. The van der Waals surface area contributed by atoms with Crippen LogP contribution in [0.15, 0.2) is 15.7 Å². The first kappa shape index (κ1) is 16.1. The number of aromatic nitrogens is 4. The zero-order chi connectivity index (χ0) is 16.6. The summed E-state index contributed by atoms with van der Waals surface area (Å²) in [4.78, 5) is 0.173. The molecule has 0 bridgehead atoms. The lowest BCUT2D eigenvalue weighted by atomic mass is 10.0. The van der Waals surface area contributed by atoms with Crippen molar-refractivity contribution in [2.45, 2.75) is 57.5 Å². The molecule has 0 aliphatic carbocycles. The van der Waals surface area contributed by atoms with E-state index in [-0.39, 0.29) is 10.9 Å². The van der Waals surface area contributed by atoms with Gasteiger partial charge in [-0.25, -0.2) is 8.42 Å². The SMILES string of the molecule is CCn1cnnc1C1CCCCN1S(=O)(=O)c1c(C)noc1C. The molecule has 1 saturated heterocycles. The molecule has 1 unspecified atom stereocenters. The van der Waals surface area contributed by atoms with Gasteiger partial charge in [-0.3, -0.25) is 0 Å². The average molecular weight is 339 g/mol. The third kappa shape index (κ3) is 2.67. The summed E-state index contributed by atoms with van der Waals surface area (Å²) in [5, 5.41) is 11.9. The molecular formula is C14H21N5O3S. The van der Waals surface area contributed by atoms with E-state index in [2.05, 4.69) is 15.4 Å². The molecule has 0 amide bonds. The van der Waals surface area contributed by atoms with Crippen LogP contribution in [0.4, 0.5) is 0 Å². The van der Waals surface area contributed by atoms with Crippen molar-refractivity contribution in [3.63, 3.8) is 0 Å². The molecule has 0 radical (unpaired) electrons. The van der Waals surface area contributed by atoms with Crippen LogP contribution in [0, 0.1) is 13.8 Å². The number of piperidine rings is 1. The van der Waals surface area contributed by atoms with Gasteiger partial charge in [-0.1, -0.05) is 11.6 Å². The van der Waals surface area contributed by atoms with E-state index < -0.39 is 10.0 Å². The first-order chi connectivity index (χ1) is 11.0. The van der Waals surface area contributed by atoms with Crippen molar-refractivity contribution in [1.82, 2.24) is 24.2 Å². The molecule has 9 heteroatoms. The smallest absolute Gasteiger partial charge is 0.249 e. The number of hydrogen-bond donors (Lipinski definition) is 0. The highest BCUT2D eigenvalue weighted by molar-refractivity contribution is 7.89. The van der Waals surface area contributed by atoms with Crippen LogP contribution >= 0.6 is 0 Å². The summed E-state index contributed by atoms with van der Waals surface area (Å²) in [6, 6.07) is -0.301. The van der Waals surface area contributed by atoms with Gasteiger partial charge in [0.25, 0.3) is 0 Å². The van der Waals surface area contributed by atoms with E-state index in [9.17, 15) is 8.42 Å². The average Bonchev–Trinajstić information content (AvgIpc) is 3.13.